The predicted octanol–water partition coefficient (Wildman–Crippen LogP) is 1.96. The van der Waals surface area contributed by atoms with Crippen molar-refractivity contribution < 1.29 is 4.79 Å². The monoisotopic (exact) mass is 294 g/mol. The molecule has 110 valence electrons. The molecule has 22 heavy (non-hydrogen) atoms. The first-order valence-corrected chi connectivity index (χ1v) is 7.17. The second-order valence-corrected chi connectivity index (χ2v) is 5.47. The Morgan fingerprint density at radius 3 is 2.91 bits per heavy atom. The third-order valence-electron chi connectivity index (χ3n) is 3.75. The van der Waals surface area contributed by atoms with Crippen LogP contribution in [-0.4, -0.2) is 30.7 Å². The van der Waals surface area contributed by atoms with Crippen LogP contribution in [0.1, 0.15) is 40.6 Å². The summed E-state index contributed by atoms with van der Waals surface area (Å²) in [6, 6.07) is 5.26. The summed E-state index contributed by atoms with van der Waals surface area (Å²) in [6.07, 6.45) is 5.52. The van der Waals surface area contributed by atoms with Crippen molar-refractivity contribution in [3.63, 3.8) is 0 Å². The molecule has 4 rings (SSSR count). The van der Waals surface area contributed by atoms with Gasteiger partial charge in [0.15, 0.2) is 11.5 Å². The number of aromatic nitrogens is 5. The van der Waals surface area contributed by atoms with Gasteiger partial charge in [0.05, 0.1) is 11.9 Å². The molecule has 1 aliphatic carbocycles. The normalized spacial score (nSPS) is 14.2. The lowest BCUT2D eigenvalue weighted by molar-refractivity contribution is 0.102. The fourth-order valence-electron chi connectivity index (χ4n) is 2.30. The quantitative estimate of drug-likeness (QED) is 0.798. The zero-order valence-corrected chi connectivity index (χ0v) is 12.0. The number of fused-ring (bicyclic) bond motifs is 1. The van der Waals surface area contributed by atoms with Gasteiger partial charge in [-0.3, -0.25) is 9.78 Å². The number of anilines is 1. The molecule has 1 N–H and O–H groups in total. The lowest BCUT2D eigenvalue weighted by atomic mass is 10.2. The number of hydrogen-bond donors (Lipinski definition) is 1. The predicted molar refractivity (Wildman–Crippen MR) is 79.7 cm³/mol. The Morgan fingerprint density at radius 1 is 1.27 bits per heavy atom. The fraction of sp³-hybridized carbons (Fsp3) is 0.267. The van der Waals surface area contributed by atoms with Crippen LogP contribution in [0.25, 0.3) is 5.65 Å². The van der Waals surface area contributed by atoms with E-state index in [2.05, 4.69) is 25.6 Å². The number of pyridine rings is 1. The van der Waals surface area contributed by atoms with Gasteiger partial charge in [0.1, 0.15) is 5.69 Å². The Bertz CT molecular complexity index is 867. The van der Waals surface area contributed by atoms with Crippen LogP contribution < -0.4 is 5.32 Å². The highest BCUT2D eigenvalue weighted by Crippen LogP contribution is 2.38. The Balaban J connectivity index is 1.67. The molecule has 1 amide bonds. The molecule has 3 aromatic rings. The maximum Gasteiger partial charge on any atom is 0.276 e. The van der Waals surface area contributed by atoms with Gasteiger partial charge in [-0.25, -0.2) is 0 Å². The van der Waals surface area contributed by atoms with Crippen LogP contribution in [0.2, 0.25) is 0 Å². The highest BCUT2D eigenvalue weighted by molar-refractivity contribution is 6.03. The van der Waals surface area contributed by atoms with Gasteiger partial charge in [0, 0.05) is 12.1 Å². The van der Waals surface area contributed by atoms with Crippen LogP contribution in [0, 0.1) is 6.92 Å². The number of nitrogens with one attached hydrogen (secondary N) is 1. The molecule has 3 aromatic heterocycles. The van der Waals surface area contributed by atoms with E-state index in [0.29, 0.717) is 22.9 Å². The van der Waals surface area contributed by atoms with Gasteiger partial charge < -0.3 is 5.32 Å². The number of hydrogen-bond acceptors (Lipinski definition) is 5. The highest BCUT2D eigenvalue weighted by Gasteiger charge is 2.29. The van der Waals surface area contributed by atoms with Gasteiger partial charge >= 0.3 is 0 Å². The van der Waals surface area contributed by atoms with E-state index < -0.39 is 0 Å². The van der Waals surface area contributed by atoms with Crippen molar-refractivity contribution in [3.05, 3.63) is 47.7 Å². The number of carbonyl (C=O) groups is 1. The molecule has 0 aliphatic heterocycles. The molecule has 1 aliphatic rings. The molecule has 7 nitrogen and oxygen atoms in total. The lowest BCUT2D eigenvalue weighted by Gasteiger charge is -2.07. The van der Waals surface area contributed by atoms with Crippen molar-refractivity contribution in [1.29, 1.82) is 0 Å². The molecule has 3 heterocycles. The third kappa shape index (κ3) is 2.20. The lowest BCUT2D eigenvalue weighted by Crippen LogP contribution is -2.16. The molecule has 0 bridgehead atoms. The van der Waals surface area contributed by atoms with Gasteiger partial charge in [0.2, 0.25) is 0 Å². The van der Waals surface area contributed by atoms with E-state index in [1.165, 1.54) is 0 Å². The van der Waals surface area contributed by atoms with Crippen LogP contribution in [0.5, 0.6) is 0 Å². The smallest absolute Gasteiger partial charge is 0.276 e. The van der Waals surface area contributed by atoms with Gasteiger partial charge in [-0.1, -0.05) is 0 Å². The van der Waals surface area contributed by atoms with E-state index in [0.717, 1.165) is 24.2 Å². The average molecular weight is 294 g/mol. The van der Waals surface area contributed by atoms with E-state index in [9.17, 15) is 4.79 Å². The minimum Gasteiger partial charge on any atom is -0.319 e. The maximum absolute atomic E-state index is 12.4. The van der Waals surface area contributed by atoms with Crippen molar-refractivity contribution in [2.24, 2.45) is 0 Å². The molecule has 0 saturated heterocycles. The van der Waals surface area contributed by atoms with Crippen molar-refractivity contribution in [3.8, 4) is 0 Å². The number of rotatable bonds is 3. The molecule has 1 fully saturated rings. The minimum absolute atomic E-state index is 0.270. The number of amides is 1. The van der Waals surface area contributed by atoms with Crippen molar-refractivity contribution in [1.82, 2.24) is 24.8 Å². The first-order chi connectivity index (χ1) is 10.7. The SMILES string of the molecule is Cc1ccncc1NC(=O)c1ccc2nnc(C3CC3)n2n1. The minimum atomic E-state index is -0.270. The van der Waals surface area contributed by atoms with Crippen LogP contribution in [0.4, 0.5) is 5.69 Å². The molecule has 0 radical (unpaired) electrons. The van der Waals surface area contributed by atoms with E-state index in [-0.39, 0.29) is 5.91 Å². The number of nitrogens with zero attached hydrogens (tertiary/aromatic N) is 5. The van der Waals surface area contributed by atoms with E-state index >= 15 is 0 Å². The Morgan fingerprint density at radius 2 is 2.14 bits per heavy atom. The van der Waals surface area contributed by atoms with Gasteiger partial charge in [-0.15, -0.1) is 10.2 Å². The summed E-state index contributed by atoms with van der Waals surface area (Å²) in [4.78, 5) is 16.4. The summed E-state index contributed by atoms with van der Waals surface area (Å²) in [7, 11) is 0. The molecular weight excluding hydrogens is 280 g/mol. The second-order valence-electron chi connectivity index (χ2n) is 5.47. The zero-order valence-electron chi connectivity index (χ0n) is 12.0. The Hall–Kier alpha value is -2.83. The standard InChI is InChI=1S/C15H14N6O/c1-9-6-7-16-8-12(9)17-15(22)11-4-5-13-18-19-14(10-2-3-10)21(13)20-11/h4-8,10H,2-3H2,1H3,(H,17,22). The largest absolute Gasteiger partial charge is 0.319 e. The summed E-state index contributed by atoms with van der Waals surface area (Å²) < 4.78 is 1.67. The summed E-state index contributed by atoms with van der Waals surface area (Å²) in [5.41, 5.74) is 2.63. The van der Waals surface area contributed by atoms with E-state index in [1.807, 2.05) is 13.0 Å². The van der Waals surface area contributed by atoms with Crippen LogP contribution in [0.3, 0.4) is 0 Å². The maximum atomic E-state index is 12.4. The van der Waals surface area contributed by atoms with Crippen LogP contribution in [0.15, 0.2) is 30.6 Å². The molecular formula is C15H14N6O. The van der Waals surface area contributed by atoms with E-state index in [1.54, 1.807) is 29.0 Å². The zero-order chi connectivity index (χ0) is 15.1. The summed E-state index contributed by atoms with van der Waals surface area (Å²) in [5.74, 6) is 0.983. The Labute approximate surface area is 126 Å². The topological polar surface area (TPSA) is 85.1 Å². The van der Waals surface area contributed by atoms with Crippen molar-refractivity contribution in [2.45, 2.75) is 25.7 Å². The third-order valence-corrected chi connectivity index (χ3v) is 3.75. The van der Waals surface area contributed by atoms with Gasteiger partial charge in [-0.05, 0) is 43.5 Å². The molecule has 7 heteroatoms. The van der Waals surface area contributed by atoms with Gasteiger partial charge in [-0.2, -0.15) is 9.61 Å². The van der Waals surface area contributed by atoms with Crippen molar-refractivity contribution >= 4 is 17.2 Å². The molecule has 0 spiro atoms. The number of aryl methyl sites for hydroxylation is 1. The Kier molecular flexibility index (Phi) is 2.85. The van der Waals surface area contributed by atoms with E-state index in [4.69, 9.17) is 0 Å². The van der Waals surface area contributed by atoms with Crippen LogP contribution >= 0.6 is 0 Å². The highest BCUT2D eigenvalue weighted by atomic mass is 16.1. The summed E-state index contributed by atoms with van der Waals surface area (Å²) >= 11 is 0. The number of carbonyl (C=O) groups excluding carboxylic acids is 1. The molecule has 0 atom stereocenters. The first kappa shape index (κ1) is 12.9. The van der Waals surface area contributed by atoms with Crippen molar-refractivity contribution in [2.75, 3.05) is 5.32 Å². The average Bonchev–Trinajstić information content (AvgIpc) is 3.28. The van der Waals surface area contributed by atoms with Crippen LogP contribution in [-0.2, 0) is 0 Å². The summed E-state index contributed by atoms with van der Waals surface area (Å²) in [5, 5.41) is 15.5. The molecule has 1 saturated carbocycles. The second kappa shape index (κ2) is 4.87. The van der Waals surface area contributed by atoms with Gasteiger partial charge in [0.25, 0.3) is 5.91 Å². The molecule has 0 aromatic carbocycles. The first-order valence-electron chi connectivity index (χ1n) is 7.17. The summed E-state index contributed by atoms with van der Waals surface area (Å²) in [6.45, 7) is 1.92. The fourth-order valence-corrected chi connectivity index (χ4v) is 2.30. The molecule has 0 unspecified atom stereocenters.